The largest absolute Gasteiger partial charge is 0.481 e. The molecule has 34 heavy (non-hydrogen) atoms. The van der Waals surface area contributed by atoms with Crippen LogP contribution in [-0.4, -0.2) is 42.2 Å². The summed E-state index contributed by atoms with van der Waals surface area (Å²) >= 11 is 14.4. The average molecular weight is 524 g/mol. The molecule has 0 spiro atoms. The topological polar surface area (TPSA) is 52.6 Å². The zero-order valence-electron chi connectivity index (χ0n) is 19.9. The van der Waals surface area contributed by atoms with Crippen LogP contribution in [0.3, 0.4) is 0 Å². The first kappa shape index (κ1) is 26.0. The van der Waals surface area contributed by atoms with E-state index in [9.17, 15) is 9.90 Å². The lowest BCUT2D eigenvalue weighted by atomic mass is 9.65. The van der Waals surface area contributed by atoms with Gasteiger partial charge in [-0.2, -0.15) is 11.3 Å². The van der Waals surface area contributed by atoms with Crippen molar-refractivity contribution in [3.63, 3.8) is 0 Å². The highest BCUT2D eigenvalue weighted by atomic mass is 35.5. The lowest BCUT2D eigenvalue weighted by Crippen LogP contribution is -2.41. The predicted octanol–water partition coefficient (Wildman–Crippen LogP) is 6.92. The molecule has 2 N–H and O–H groups in total. The van der Waals surface area contributed by atoms with E-state index in [-0.39, 0.29) is 11.3 Å². The highest BCUT2D eigenvalue weighted by molar-refractivity contribution is 7.08. The van der Waals surface area contributed by atoms with Crippen LogP contribution < -0.4 is 5.32 Å². The molecule has 1 aromatic carbocycles. The Morgan fingerprint density at radius 3 is 2.71 bits per heavy atom. The first-order chi connectivity index (χ1) is 16.4. The van der Waals surface area contributed by atoms with Crippen molar-refractivity contribution in [3.8, 4) is 0 Å². The number of nitrogens with one attached hydrogen (secondary N) is 1. The summed E-state index contributed by atoms with van der Waals surface area (Å²) in [5.41, 5.74) is 2.63. The predicted molar refractivity (Wildman–Crippen MR) is 142 cm³/mol. The highest BCUT2D eigenvalue weighted by Gasteiger charge is 2.43. The number of rotatable bonds is 10. The Morgan fingerprint density at radius 2 is 2.06 bits per heavy atom. The van der Waals surface area contributed by atoms with Crippen molar-refractivity contribution in [2.75, 3.05) is 26.2 Å². The normalized spacial score (nSPS) is 23.7. The van der Waals surface area contributed by atoms with Crippen LogP contribution in [0.2, 0.25) is 10.0 Å². The summed E-state index contributed by atoms with van der Waals surface area (Å²) < 4.78 is 0. The standard InChI is InChI=1S/C27H36Cl2N2O2S/c1-2-3-19(26(32)33)13-27(7-9-30-10-8-27)14-22-16-31(17-24(22)21-6-11-34-18-21)15-20-4-5-23(28)12-25(20)29/h4-6,11-12,18-19,22,24,30H,2-3,7-10,13-17H2,1H3,(H,32,33)/t19-,22?,24?/m0/s1. The number of hydrogen-bond acceptors (Lipinski definition) is 4. The molecule has 3 atom stereocenters. The second-order valence-electron chi connectivity index (χ2n) is 10.3. The van der Waals surface area contributed by atoms with E-state index < -0.39 is 5.97 Å². The van der Waals surface area contributed by atoms with Gasteiger partial charge in [-0.25, -0.2) is 0 Å². The Kier molecular flexibility index (Phi) is 8.97. The van der Waals surface area contributed by atoms with Crippen LogP contribution in [0.1, 0.15) is 62.5 Å². The minimum absolute atomic E-state index is 0.0936. The van der Waals surface area contributed by atoms with Crippen LogP contribution in [0.5, 0.6) is 0 Å². The van der Waals surface area contributed by atoms with Gasteiger partial charge >= 0.3 is 5.97 Å². The number of halogens is 2. The lowest BCUT2D eigenvalue weighted by molar-refractivity contribution is -0.143. The van der Waals surface area contributed by atoms with Crippen molar-refractivity contribution in [2.24, 2.45) is 17.3 Å². The first-order valence-corrected chi connectivity index (χ1v) is 14.2. The number of thiophene rings is 1. The van der Waals surface area contributed by atoms with Gasteiger partial charge in [0.25, 0.3) is 0 Å². The molecule has 0 bridgehead atoms. The molecule has 3 heterocycles. The number of likely N-dealkylation sites (tertiary alicyclic amines) is 1. The number of carboxylic acids is 1. The van der Waals surface area contributed by atoms with E-state index in [4.69, 9.17) is 23.2 Å². The van der Waals surface area contributed by atoms with Crippen molar-refractivity contribution < 1.29 is 9.90 Å². The molecule has 1 aromatic heterocycles. The number of piperidine rings is 1. The van der Waals surface area contributed by atoms with E-state index in [1.165, 1.54) is 5.56 Å². The van der Waals surface area contributed by atoms with E-state index in [0.717, 1.165) is 81.8 Å². The number of carboxylic acid groups (broad SMARTS) is 1. The molecule has 2 aromatic rings. The van der Waals surface area contributed by atoms with Crippen LogP contribution in [0.15, 0.2) is 35.0 Å². The molecule has 0 saturated carbocycles. The van der Waals surface area contributed by atoms with Crippen LogP contribution in [0.4, 0.5) is 0 Å². The number of aliphatic carboxylic acids is 1. The smallest absolute Gasteiger partial charge is 0.306 e. The SMILES string of the molecule is CCC[C@@H](CC1(CC2CN(Cc3ccc(Cl)cc3Cl)CC2c2ccsc2)CCNCC1)C(=O)O. The third kappa shape index (κ3) is 6.36. The van der Waals surface area contributed by atoms with E-state index in [2.05, 4.69) is 34.0 Å². The summed E-state index contributed by atoms with van der Waals surface area (Å²) in [4.78, 5) is 14.6. The summed E-state index contributed by atoms with van der Waals surface area (Å²) in [7, 11) is 0. The van der Waals surface area contributed by atoms with Gasteiger partial charge in [-0.05, 0) is 96.6 Å². The minimum Gasteiger partial charge on any atom is -0.481 e. The molecule has 2 unspecified atom stereocenters. The molecule has 4 rings (SSSR count). The van der Waals surface area contributed by atoms with Crippen molar-refractivity contribution >= 4 is 40.5 Å². The van der Waals surface area contributed by atoms with Crippen molar-refractivity contribution in [1.82, 2.24) is 10.2 Å². The Bertz CT molecular complexity index is 946. The van der Waals surface area contributed by atoms with Crippen LogP contribution in [0, 0.1) is 17.3 Å². The monoisotopic (exact) mass is 522 g/mol. The zero-order valence-corrected chi connectivity index (χ0v) is 22.3. The lowest BCUT2D eigenvalue weighted by Gasteiger charge is -2.42. The quantitative estimate of drug-likeness (QED) is 0.355. The molecular weight excluding hydrogens is 487 g/mol. The molecular formula is C27H36Cl2N2O2S. The molecule has 0 amide bonds. The number of nitrogens with zero attached hydrogens (tertiary/aromatic N) is 1. The summed E-state index contributed by atoms with van der Waals surface area (Å²) in [6.07, 6.45) is 5.71. The Hall–Kier alpha value is -1.11. The van der Waals surface area contributed by atoms with Gasteiger partial charge in [0.1, 0.15) is 0 Å². The average Bonchev–Trinajstić information content (AvgIpc) is 3.46. The Balaban J connectivity index is 1.55. The number of hydrogen-bond donors (Lipinski definition) is 2. The van der Waals surface area contributed by atoms with Crippen molar-refractivity contribution in [3.05, 3.63) is 56.2 Å². The fourth-order valence-corrected chi connectivity index (χ4v) is 7.43. The molecule has 7 heteroatoms. The second-order valence-corrected chi connectivity index (χ2v) is 12.0. The van der Waals surface area contributed by atoms with Gasteiger partial charge in [0, 0.05) is 35.6 Å². The van der Waals surface area contributed by atoms with Crippen LogP contribution >= 0.6 is 34.5 Å². The summed E-state index contributed by atoms with van der Waals surface area (Å²) in [6, 6.07) is 8.05. The van der Waals surface area contributed by atoms with Crippen molar-refractivity contribution in [2.45, 2.75) is 57.9 Å². The summed E-state index contributed by atoms with van der Waals surface area (Å²) in [5, 5.41) is 19.3. The van der Waals surface area contributed by atoms with Gasteiger partial charge in [0.2, 0.25) is 0 Å². The summed E-state index contributed by atoms with van der Waals surface area (Å²) in [5.74, 6) is 0.112. The molecule has 186 valence electrons. The van der Waals surface area contributed by atoms with Gasteiger partial charge in [-0.1, -0.05) is 42.6 Å². The summed E-state index contributed by atoms with van der Waals surface area (Å²) in [6.45, 7) is 6.90. The van der Waals surface area contributed by atoms with Gasteiger partial charge in [0.05, 0.1) is 5.92 Å². The van der Waals surface area contributed by atoms with Gasteiger partial charge in [-0.15, -0.1) is 0 Å². The molecule has 2 aliphatic rings. The maximum Gasteiger partial charge on any atom is 0.306 e. The fourth-order valence-electron chi connectivity index (χ4n) is 6.24. The third-order valence-corrected chi connectivity index (χ3v) is 9.21. The molecule has 0 aliphatic carbocycles. The second kappa shape index (κ2) is 11.7. The van der Waals surface area contributed by atoms with E-state index >= 15 is 0 Å². The molecule has 4 nitrogen and oxygen atoms in total. The first-order valence-electron chi connectivity index (χ1n) is 12.5. The third-order valence-electron chi connectivity index (χ3n) is 7.92. The number of benzene rings is 1. The minimum atomic E-state index is -0.625. The van der Waals surface area contributed by atoms with Gasteiger partial charge in [0.15, 0.2) is 0 Å². The molecule has 2 saturated heterocycles. The van der Waals surface area contributed by atoms with E-state index in [1.807, 2.05) is 18.2 Å². The van der Waals surface area contributed by atoms with E-state index in [0.29, 0.717) is 16.9 Å². The molecule has 2 fully saturated rings. The van der Waals surface area contributed by atoms with Crippen LogP contribution in [0.25, 0.3) is 0 Å². The molecule has 2 aliphatic heterocycles. The highest BCUT2D eigenvalue weighted by Crippen LogP contribution is 2.48. The maximum absolute atomic E-state index is 12.1. The Labute approximate surface area is 217 Å². The van der Waals surface area contributed by atoms with Gasteiger partial charge in [-0.3, -0.25) is 9.69 Å². The van der Waals surface area contributed by atoms with Crippen molar-refractivity contribution in [1.29, 1.82) is 0 Å². The maximum atomic E-state index is 12.1. The number of carbonyl (C=O) groups is 1. The fraction of sp³-hybridized carbons (Fsp3) is 0.593. The van der Waals surface area contributed by atoms with Crippen LogP contribution in [-0.2, 0) is 11.3 Å². The van der Waals surface area contributed by atoms with E-state index in [1.54, 1.807) is 11.3 Å². The zero-order chi connectivity index (χ0) is 24.1. The Morgan fingerprint density at radius 1 is 1.26 bits per heavy atom. The van der Waals surface area contributed by atoms with Gasteiger partial charge < -0.3 is 10.4 Å². The molecule has 0 radical (unpaired) electrons.